The van der Waals surface area contributed by atoms with Gasteiger partial charge in [0.15, 0.2) is 0 Å². The minimum Gasteiger partial charge on any atom is -0.469 e. The van der Waals surface area contributed by atoms with E-state index in [1.165, 1.54) is 19.2 Å². The van der Waals surface area contributed by atoms with E-state index in [2.05, 4.69) is 0 Å². The van der Waals surface area contributed by atoms with Crippen molar-refractivity contribution in [1.82, 2.24) is 0 Å². The van der Waals surface area contributed by atoms with Crippen molar-refractivity contribution in [2.75, 3.05) is 7.11 Å². The minimum atomic E-state index is -0.643. The van der Waals surface area contributed by atoms with E-state index in [1.807, 2.05) is 0 Å². The van der Waals surface area contributed by atoms with Crippen LogP contribution in [0.1, 0.15) is 32.8 Å². The van der Waals surface area contributed by atoms with E-state index < -0.39 is 23.5 Å². The Balaban J connectivity index is 2.74. The number of rotatable bonds is 5. The van der Waals surface area contributed by atoms with Gasteiger partial charge in [0.1, 0.15) is 11.4 Å². The average Bonchev–Trinajstić information content (AvgIpc) is 2.37. The first-order chi connectivity index (χ1) is 9.71. The van der Waals surface area contributed by atoms with Gasteiger partial charge in [-0.1, -0.05) is 12.1 Å². The molecular formula is C16H21FO4. The molecule has 0 radical (unpaired) electrons. The third-order valence-corrected chi connectivity index (χ3v) is 2.76. The maximum atomic E-state index is 12.9. The van der Waals surface area contributed by atoms with E-state index >= 15 is 0 Å². The van der Waals surface area contributed by atoms with Gasteiger partial charge in [-0.25, -0.2) is 4.39 Å². The fourth-order valence-corrected chi connectivity index (χ4v) is 1.89. The highest BCUT2D eigenvalue weighted by atomic mass is 19.1. The summed E-state index contributed by atoms with van der Waals surface area (Å²) in [6, 6.07) is 5.80. The second-order valence-corrected chi connectivity index (χ2v) is 5.84. The summed E-state index contributed by atoms with van der Waals surface area (Å²) in [7, 11) is 1.27. The van der Waals surface area contributed by atoms with Crippen LogP contribution in [0, 0.1) is 11.7 Å². The van der Waals surface area contributed by atoms with Crippen LogP contribution in [-0.2, 0) is 25.5 Å². The zero-order valence-electron chi connectivity index (χ0n) is 12.8. The first-order valence-corrected chi connectivity index (χ1v) is 6.75. The summed E-state index contributed by atoms with van der Waals surface area (Å²) in [5.74, 6) is -1.93. The molecule has 1 aromatic carbocycles. The summed E-state index contributed by atoms with van der Waals surface area (Å²) in [6.07, 6.45) is 0.230. The van der Waals surface area contributed by atoms with Crippen LogP contribution in [0.2, 0.25) is 0 Å². The molecule has 0 heterocycles. The van der Waals surface area contributed by atoms with Gasteiger partial charge in [-0.3, -0.25) is 9.59 Å². The van der Waals surface area contributed by atoms with Crippen LogP contribution >= 0.6 is 0 Å². The number of halogens is 1. The summed E-state index contributed by atoms with van der Waals surface area (Å²) < 4.78 is 22.8. The molecular weight excluding hydrogens is 275 g/mol. The number of methoxy groups -OCH3 is 1. The minimum absolute atomic E-state index is 0.0681. The van der Waals surface area contributed by atoms with Crippen molar-refractivity contribution in [3.8, 4) is 0 Å². The second-order valence-electron chi connectivity index (χ2n) is 5.84. The highest BCUT2D eigenvalue weighted by molar-refractivity contribution is 5.80. The van der Waals surface area contributed by atoms with Gasteiger partial charge in [-0.05, 0) is 44.9 Å². The molecule has 0 aliphatic carbocycles. The Hall–Kier alpha value is -1.91. The zero-order valence-corrected chi connectivity index (χ0v) is 12.8. The molecule has 0 amide bonds. The van der Waals surface area contributed by atoms with Crippen molar-refractivity contribution in [2.45, 2.75) is 39.2 Å². The van der Waals surface area contributed by atoms with Gasteiger partial charge < -0.3 is 9.47 Å². The van der Waals surface area contributed by atoms with Crippen molar-refractivity contribution >= 4 is 11.9 Å². The molecule has 5 heteroatoms. The zero-order chi connectivity index (χ0) is 16.0. The Kier molecular flexibility index (Phi) is 5.88. The molecule has 0 N–H and O–H groups in total. The van der Waals surface area contributed by atoms with E-state index in [0.29, 0.717) is 6.42 Å². The van der Waals surface area contributed by atoms with Gasteiger partial charge in [0.25, 0.3) is 0 Å². The summed E-state index contributed by atoms with van der Waals surface area (Å²) >= 11 is 0. The molecule has 1 atom stereocenters. The quantitative estimate of drug-likeness (QED) is 0.784. The SMILES string of the molecule is COC(=O)C(CC(=O)OC(C)(C)C)Cc1ccc(F)cc1. The molecule has 0 aromatic heterocycles. The molecule has 1 unspecified atom stereocenters. The molecule has 0 saturated heterocycles. The first-order valence-electron chi connectivity index (χ1n) is 6.75. The van der Waals surface area contributed by atoms with Crippen LogP contribution in [0.4, 0.5) is 4.39 Å². The number of benzene rings is 1. The molecule has 0 aliphatic rings. The Morgan fingerprint density at radius 3 is 2.24 bits per heavy atom. The normalized spacial score (nSPS) is 12.6. The van der Waals surface area contributed by atoms with E-state index in [4.69, 9.17) is 9.47 Å². The van der Waals surface area contributed by atoms with Crippen molar-refractivity contribution in [1.29, 1.82) is 0 Å². The third kappa shape index (κ3) is 6.38. The van der Waals surface area contributed by atoms with Gasteiger partial charge in [0, 0.05) is 0 Å². The Labute approximate surface area is 124 Å². The standard InChI is InChI=1S/C16H21FO4/c1-16(2,3)21-14(18)10-12(15(19)20-4)9-11-5-7-13(17)8-6-11/h5-8,12H,9-10H2,1-4H3. The average molecular weight is 296 g/mol. The Morgan fingerprint density at radius 1 is 1.19 bits per heavy atom. The summed E-state index contributed by atoms with van der Waals surface area (Å²) in [5, 5.41) is 0. The van der Waals surface area contributed by atoms with E-state index in [1.54, 1.807) is 32.9 Å². The molecule has 0 fully saturated rings. The molecule has 116 valence electrons. The van der Waals surface area contributed by atoms with Crippen LogP contribution in [0.15, 0.2) is 24.3 Å². The van der Waals surface area contributed by atoms with E-state index in [9.17, 15) is 14.0 Å². The molecule has 1 rings (SSSR count). The van der Waals surface area contributed by atoms with Crippen LogP contribution in [0.3, 0.4) is 0 Å². The fraction of sp³-hybridized carbons (Fsp3) is 0.500. The highest BCUT2D eigenvalue weighted by Crippen LogP contribution is 2.18. The lowest BCUT2D eigenvalue weighted by Gasteiger charge is -2.21. The van der Waals surface area contributed by atoms with E-state index in [-0.39, 0.29) is 12.2 Å². The molecule has 4 nitrogen and oxygen atoms in total. The first kappa shape index (κ1) is 17.1. The van der Waals surface area contributed by atoms with Gasteiger partial charge in [-0.2, -0.15) is 0 Å². The molecule has 21 heavy (non-hydrogen) atoms. The predicted octanol–water partition coefficient (Wildman–Crippen LogP) is 2.89. The topological polar surface area (TPSA) is 52.6 Å². The number of hydrogen-bond donors (Lipinski definition) is 0. The lowest BCUT2D eigenvalue weighted by atomic mass is 9.96. The van der Waals surface area contributed by atoms with Gasteiger partial charge in [0.05, 0.1) is 19.4 Å². The van der Waals surface area contributed by atoms with Gasteiger partial charge in [0.2, 0.25) is 0 Å². The summed E-state index contributed by atoms with van der Waals surface area (Å²) in [4.78, 5) is 23.6. The lowest BCUT2D eigenvalue weighted by Crippen LogP contribution is -2.28. The number of carbonyl (C=O) groups is 2. The number of ether oxygens (including phenoxy) is 2. The molecule has 1 aromatic rings. The van der Waals surface area contributed by atoms with Crippen molar-refractivity contribution in [3.05, 3.63) is 35.6 Å². The largest absolute Gasteiger partial charge is 0.469 e. The Bertz CT molecular complexity index is 488. The van der Waals surface area contributed by atoms with Crippen molar-refractivity contribution in [2.24, 2.45) is 5.92 Å². The van der Waals surface area contributed by atoms with Crippen molar-refractivity contribution in [3.63, 3.8) is 0 Å². The molecule has 0 bridgehead atoms. The third-order valence-electron chi connectivity index (χ3n) is 2.76. The predicted molar refractivity (Wildman–Crippen MR) is 76.1 cm³/mol. The second kappa shape index (κ2) is 7.20. The van der Waals surface area contributed by atoms with Crippen molar-refractivity contribution < 1.29 is 23.5 Å². The maximum Gasteiger partial charge on any atom is 0.309 e. The monoisotopic (exact) mass is 296 g/mol. The van der Waals surface area contributed by atoms with Gasteiger partial charge >= 0.3 is 11.9 Å². The fourth-order valence-electron chi connectivity index (χ4n) is 1.89. The van der Waals surface area contributed by atoms with Crippen LogP contribution in [0.25, 0.3) is 0 Å². The highest BCUT2D eigenvalue weighted by Gasteiger charge is 2.26. The molecule has 0 aliphatic heterocycles. The smallest absolute Gasteiger partial charge is 0.309 e. The summed E-state index contributed by atoms with van der Waals surface area (Å²) in [6.45, 7) is 5.29. The lowest BCUT2D eigenvalue weighted by molar-refractivity contribution is -0.160. The summed E-state index contributed by atoms with van der Waals surface area (Å²) in [5.41, 5.74) is 0.156. The van der Waals surface area contributed by atoms with Gasteiger partial charge in [-0.15, -0.1) is 0 Å². The maximum absolute atomic E-state index is 12.9. The van der Waals surface area contributed by atoms with Crippen LogP contribution in [0.5, 0.6) is 0 Å². The van der Waals surface area contributed by atoms with Crippen LogP contribution in [-0.4, -0.2) is 24.6 Å². The number of carbonyl (C=O) groups excluding carboxylic acids is 2. The number of hydrogen-bond acceptors (Lipinski definition) is 4. The van der Waals surface area contributed by atoms with E-state index in [0.717, 1.165) is 5.56 Å². The molecule has 0 saturated carbocycles. The Morgan fingerprint density at radius 2 is 1.76 bits per heavy atom. The molecule has 0 spiro atoms. The number of esters is 2. The van der Waals surface area contributed by atoms with Crippen LogP contribution < -0.4 is 0 Å².